The lowest BCUT2D eigenvalue weighted by Gasteiger charge is -2.19. The number of carbonyl (C=O) groups excluding carboxylic acids is 3. The van der Waals surface area contributed by atoms with Crippen molar-refractivity contribution in [1.29, 1.82) is 0 Å². The van der Waals surface area contributed by atoms with Crippen molar-refractivity contribution in [3.8, 4) is 0 Å². The van der Waals surface area contributed by atoms with Gasteiger partial charge in [-0.25, -0.2) is 4.79 Å². The normalized spacial score (nSPS) is 14.8. The van der Waals surface area contributed by atoms with Crippen LogP contribution in [0.25, 0.3) is 0 Å². The highest BCUT2D eigenvalue weighted by atomic mass is 16.5. The minimum atomic E-state index is -0.331. The zero-order chi connectivity index (χ0) is 13.5. The van der Waals surface area contributed by atoms with Crippen LogP contribution in [0.3, 0.4) is 0 Å². The summed E-state index contributed by atoms with van der Waals surface area (Å²) < 4.78 is 4.52. The number of esters is 1. The standard InChI is InChI=1S/C11H19N3O4/c1-13(6-3-4-10(16)18-2)8-9(15)14-7-5-12-11(14)17/h3-8H2,1-2H3,(H,12,17). The summed E-state index contributed by atoms with van der Waals surface area (Å²) in [5.74, 6) is -0.473. The zero-order valence-corrected chi connectivity index (χ0v) is 10.8. The Bertz CT molecular complexity index is 332. The van der Waals surface area contributed by atoms with Gasteiger partial charge in [0.2, 0.25) is 5.91 Å². The highest BCUT2D eigenvalue weighted by Crippen LogP contribution is 2.00. The van der Waals surface area contributed by atoms with E-state index in [1.165, 1.54) is 12.0 Å². The van der Waals surface area contributed by atoms with E-state index < -0.39 is 0 Å². The second kappa shape index (κ2) is 6.95. The number of methoxy groups -OCH3 is 1. The van der Waals surface area contributed by atoms with Crippen LogP contribution in [0.5, 0.6) is 0 Å². The van der Waals surface area contributed by atoms with Gasteiger partial charge in [0.05, 0.1) is 13.7 Å². The van der Waals surface area contributed by atoms with Crippen molar-refractivity contribution in [3.05, 3.63) is 0 Å². The highest BCUT2D eigenvalue weighted by Gasteiger charge is 2.26. The first-order chi connectivity index (χ1) is 8.54. The molecule has 1 rings (SSSR count). The molecular weight excluding hydrogens is 238 g/mol. The topological polar surface area (TPSA) is 79.0 Å². The fourth-order valence-electron chi connectivity index (χ4n) is 1.70. The average Bonchev–Trinajstić information content (AvgIpc) is 2.75. The first-order valence-corrected chi connectivity index (χ1v) is 5.88. The maximum absolute atomic E-state index is 11.8. The third-order valence-electron chi connectivity index (χ3n) is 2.71. The van der Waals surface area contributed by atoms with Gasteiger partial charge >= 0.3 is 12.0 Å². The molecule has 1 saturated heterocycles. The maximum Gasteiger partial charge on any atom is 0.324 e. The van der Waals surface area contributed by atoms with Gasteiger partial charge in [-0.15, -0.1) is 0 Å². The first kappa shape index (κ1) is 14.4. The van der Waals surface area contributed by atoms with Gasteiger partial charge in [0.15, 0.2) is 0 Å². The second-order valence-electron chi connectivity index (χ2n) is 4.19. The number of nitrogens with zero attached hydrogens (tertiary/aromatic N) is 2. The molecule has 0 bridgehead atoms. The van der Waals surface area contributed by atoms with Crippen LogP contribution in [-0.4, -0.2) is 68.0 Å². The Balaban J connectivity index is 2.23. The van der Waals surface area contributed by atoms with E-state index in [1.807, 2.05) is 0 Å². The van der Waals surface area contributed by atoms with E-state index in [2.05, 4.69) is 10.1 Å². The first-order valence-electron chi connectivity index (χ1n) is 5.88. The van der Waals surface area contributed by atoms with Gasteiger partial charge in [0, 0.05) is 19.5 Å². The Hall–Kier alpha value is -1.63. The molecule has 7 heteroatoms. The van der Waals surface area contributed by atoms with Crippen LogP contribution >= 0.6 is 0 Å². The summed E-state index contributed by atoms with van der Waals surface area (Å²) in [6, 6.07) is -0.331. The predicted octanol–water partition coefficient (Wildman–Crippen LogP) is -0.577. The lowest BCUT2D eigenvalue weighted by Crippen LogP contribution is -2.41. The monoisotopic (exact) mass is 257 g/mol. The van der Waals surface area contributed by atoms with E-state index in [-0.39, 0.29) is 24.5 Å². The van der Waals surface area contributed by atoms with E-state index >= 15 is 0 Å². The van der Waals surface area contributed by atoms with Crippen molar-refractivity contribution >= 4 is 17.9 Å². The molecule has 0 atom stereocenters. The number of ether oxygens (including phenoxy) is 1. The molecule has 0 radical (unpaired) electrons. The molecule has 7 nitrogen and oxygen atoms in total. The number of hydrogen-bond acceptors (Lipinski definition) is 5. The molecule has 102 valence electrons. The van der Waals surface area contributed by atoms with Gasteiger partial charge in [-0.1, -0.05) is 0 Å². The quantitative estimate of drug-likeness (QED) is 0.644. The van der Waals surface area contributed by atoms with Crippen LogP contribution in [0, 0.1) is 0 Å². The van der Waals surface area contributed by atoms with E-state index in [4.69, 9.17) is 0 Å². The fourth-order valence-corrected chi connectivity index (χ4v) is 1.70. The molecule has 0 aromatic rings. The molecule has 0 aromatic carbocycles. The van der Waals surface area contributed by atoms with Crippen LogP contribution in [0.2, 0.25) is 0 Å². The molecule has 0 saturated carbocycles. The molecule has 1 aliphatic rings. The Morgan fingerprint density at radius 2 is 2.22 bits per heavy atom. The molecule has 1 fully saturated rings. The van der Waals surface area contributed by atoms with Crippen molar-refractivity contribution in [1.82, 2.24) is 15.1 Å². The van der Waals surface area contributed by atoms with Crippen molar-refractivity contribution in [2.75, 3.05) is 40.3 Å². The molecule has 0 unspecified atom stereocenters. The van der Waals surface area contributed by atoms with E-state index in [0.717, 1.165) is 0 Å². The summed E-state index contributed by atoms with van der Waals surface area (Å²) in [4.78, 5) is 36.9. The number of urea groups is 1. The van der Waals surface area contributed by atoms with Crippen molar-refractivity contribution < 1.29 is 19.1 Å². The number of nitrogens with one attached hydrogen (secondary N) is 1. The van der Waals surface area contributed by atoms with Crippen molar-refractivity contribution in [2.24, 2.45) is 0 Å². The molecule has 0 spiro atoms. The minimum Gasteiger partial charge on any atom is -0.469 e. The third kappa shape index (κ3) is 4.33. The number of carbonyl (C=O) groups is 3. The van der Waals surface area contributed by atoms with Crippen LogP contribution in [0.4, 0.5) is 4.79 Å². The summed E-state index contributed by atoms with van der Waals surface area (Å²) in [7, 11) is 3.13. The summed E-state index contributed by atoms with van der Waals surface area (Å²) in [6.45, 7) is 1.72. The van der Waals surface area contributed by atoms with E-state index in [9.17, 15) is 14.4 Å². The number of hydrogen-bond donors (Lipinski definition) is 1. The maximum atomic E-state index is 11.8. The molecule has 3 amide bonds. The van der Waals surface area contributed by atoms with Gasteiger partial charge in [0.25, 0.3) is 0 Å². The molecule has 0 aromatic heterocycles. The van der Waals surface area contributed by atoms with Crippen molar-refractivity contribution in [3.63, 3.8) is 0 Å². The summed E-state index contributed by atoms with van der Waals surface area (Å²) in [6.07, 6.45) is 0.960. The van der Waals surface area contributed by atoms with Crippen LogP contribution in [0.1, 0.15) is 12.8 Å². The Labute approximate surface area is 106 Å². The predicted molar refractivity (Wildman–Crippen MR) is 63.9 cm³/mol. The van der Waals surface area contributed by atoms with Gasteiger partial charge < -0.3 is 10.1 Å². The zero-order valence-electron chi connectivity index (χ0n) is 10.8. The van der Waals surface area contributed by atoms with E-state index in [0.29, 0.717) is 32.5 Å². The van der Waals surface area contributed by atoms with Gasteiger partial charge in [-0.3, -0.25) is 19.4 Å². The fraction of sp³-hybridized carbons (Fsp3) is 0.727. The average molecular weight is 257 g/mol. The Morgan fingerprint density at radius 1 is 1.50 bits per heavy atom. The molecule has 1 N–H and O–H groups in total. The number of rotatable bonds is 6. The van der Waals surface area contributed by atoms with E-state index in [1.54, 1.807) is 11.9 Å². The SMILES string of the molecule is COC(=O)CCCN(C)CC(=O)N1CCNC1=O. The molecule has 0 aliphatic carbocycles. The lowest BCUT2D eigenvalue weighted by molar-refractivity contribution is -0.140. The van der Waals surface area contributed by atoms with Crippen LogP contribution in [-0.2, 0) is 14.3 Å². The van der Waals surface area contributed by atoms with Crippen LogP contribution in [0.15, 0.2) is 0 Å². The molecule has 1 aliphatic heterocycles. The lowest BCUT2D eigenvalue weighted by atomic mass is 10.3. The van der Waals surface area contributed by atoms with Crippen molar-refractivity contribution in [2.45, 2.75) is 12.8 Å². The smallest absolute Gasteiger partial charge is 0.324 e. The summed E-state index contributed by atoms with van der Waals surface area (Å²) >= 11 is 0. The minimum absolute atomic E-state index is 0.175. The Morgan fingerprint density at radius 3 is 2.78 bits per heavy atom. The highest BCUT2D eigenvalue weighted by molar-refractivity contribution is 5.96. The number of likely N-dealkylation sites (N-methyl/N-ethyl adjacent to an activating group) is 1. The second-order valence-corrected chi connectivity index (χ2v) is 4.19. The molecule has 1 heterocycles. The van der Waals surface area contributed by atoms with Gasteiger partial charge in [0.1, 0.15) is 0 Å². The third-order valence-corrected chi connectivity index (χ3v) is 2.71. The molecule has 18 heavy (non-hydrogen) atoms. The number of amides is 3. The summed E-state index contributed by atoms with van der Waals surface area (Å²) in [5.41, 5.74) is 0. The summed E-state index contributed by atoms with van der Waals surface area (Å²) in [5, 5.41) is 2.58. The molecular formula is C11H19N3O4. The number of imide groups is 1. The Kier molecular flexibility index (Phi) is 5.57. The van der Waals surface area contributed by atoms with Gasteiger partial charge in [-0.05, 0) is 20.0 Å². The largest absolute Gasteiger partial charge is 0.469 e. The van der Waals surface area contributed by atoms with Gasteiger partial charge in [-0.2, -0.15) is 0 Å². The van der Waals surface area contributed by atoms with Crippen LogP contribution < -0.4 is 5.32 Å².